The molecule has 3 nitrogen and oxygen atoms in total. The number of aryl methyl sites for hydroxylation is 1. The van der Waals surface area contributed by atoms with Crippen molar-refractivity contribution in [2.24, 2.45) is 0 Å². The van der Waals surface area contributed by atoms with Crippen LogP contribution in [0.4, 0.5) is 4.39 Å². The maximum atomic E-state index is 13.7. The third-order valence-corrected chi connectivity index (χ3v) is 3.82. The van der Waals surface area contributed by atoms with Gasteiger partial charge in [-0.1, -0.05) is 12.1 Å². The third kappa shape index (κ3) is 2.23. The zero-order valence-corrected chi connectivity index (χ0v) is 11.2. The molecule has 96 valence electrons. The van der Waals surface area contributed by atoms with Gasteiger partial charge in [-0.3, -0.25) is 0 Å². The van der Waals surface area contributed by atoms with E-state index in [1.807, 2.05) is 13.0 Å². The Morgan fingerprint density at radius 1 is 1.47 bits per heavy atom. The fourth-order valence-corrected chi connectivity index (χ4v) is 2.85. The summed E-state index contributed by atoms with van der Waals surface area (Å²) in [5.41, 5.74) is 1.73. The molecule has 1 aromatic heterocycles. The van der Waals surface area contributed by atoms with Crippen LogP contribution in [0.1, 0.15) is 20.8 Å². The standard InChI is InChI=1S/C14H10FNO2S/c1-8-7-19-13(14(17)18-2)12(8)9-4-3-5-11(15)10(9)6-16/h3-5,7H,1-2H3. The number of hydrogen-bond donors (Lipinski definition) is 0. The van der Waals surface area contributed by atoms with Crippen molar-refractivity contribution in [1.82, 2.24) is 0 Å². The SMILES string of the molecule is COC(=O)c1scc(C)c1-c1cccc(F)c1C#N. The Hall–Kier alpha value is -2.19. The van der Waals surface area contributed by atoms with Gasteiger partial charge >= 0.3 is 5.97 Å². The maximum Gasteiger partial charge on any atom is 0.348 e. The lowest BCUT2D eigenvalue weighted by Gasteiger charge is -2.07. The smallest absolute Gasteiger partial charge is 0.348 e. The Bertz CT molecular complexity index is 685. The predicted octanol–water partition coefficient (Wildman–Crippen LogP) is 3.52. The second-order valence-electron chi connectivity index (χ2n) is 3.89. The van der Waals surface area contributed by atoms with Crippen molar-refractivity contribution in [1.29, 1.82) is 5.26 Å². The van der Waals surface area contributed by atoms with Crippen molar-refractivity contribution in [2.45, 2.75) is 6.92 Å². The van der Waals surface area contributed by atoms with E-state index in [9.17, 15) is 9.18 Å². The first-order chi connectivity index (χ1) is 9.10. The molecule has 0 amide bonds. The summed E-state index contributed by atoms with van der Waals surface area (Å²) >= 11 is 1.22. The van der Waals surface area contributed by atoms with E-state index in [2.05, 4.69) is 0 Å². The average Bonchev–Trinajstić information content (AvgIpc) is 2.79. The van der Waals surface area contributed by atoms with Crippen molar-refractivity contribution in [3.63, 3.8) is 0 Å². The molecule has 0 unspecified atom stereocenters. The minimum Gasteiger partial charge on any atom is -0.465 e. The number of ether oxygens (including phenoxy) is 1. The molecule has 0 fully saturated rings. The number of nitriles is 1. The normalized spacial score (nSPS) is 10.0. The number of esters is 1. The van der Waals surface area contributed by atoms with Gasteiger partial charge in [-0.25, -0.2) is 9.18 Å². The number of nitrogens with zero attached hydrogens (tertiary/aromatic N) is 1. The van der Waals surface area contributed by atoms with Gasteiger partial charge in [0, 0.05) is 11.1 Å². The summed E-state index contributed by atoms with van der Waals surface area (Å²) in [4.78, 5) is 12.1. The summed E-state index contributed by atoms with van der Waals surface area (Å²) < 4.78 is 18.4. The quantitative estimate of drug-likeness (QED) is 0.788. The summed E-state index contributed by atoms with van der Waals surface area (Å²) in [5.74, 6) is -1.08. The van der Waals surface area contributed by atoms with Crippen LogP contribution in [0.5, 0.6) is 0 Å². The zero-order chi connectivity index (χ0) is 14.0. The third-order valence-electron chi connectivity index (χ3n) is 2.74. The summed E-state index contributed by atoms with van der Waals surface area (Å²) in [6, 6.07) is 6.21. The van der Waals surface area contributed by atoms with Crippen molar-refractivity contribution in [3.05, 3.63) is 45.4 Å². The van der Waals surface area contributed by atoms with E-state index in [0.717, 1.165) is 5.56 Å². The number of carbonyl (C=O) groups is 1. The van der Waals surface area contributed by atoms with E-state index in [4.69, 9.17) is 10.00 Å². The summed E-state index contributed by atoms with van der Waals surface area (Å²) in [5, 5.41) is 10.9. The molecule has 1 aromatic carbocycles. The van der Waals surface area contributed by atoms with Gasteiger partial charge in [0.15, 0.2) is 0 Å². The molecule has 0 N–H and O–H groups in total. The van der Waals surface area contributed by atoms with Crippen molar-refractivity contribution in [3.8, 4) is 17.2 Å². The number of hydrogen-bond acceptors (Lipinski definition) is 4. The molecule has 0 spiro atoms. The van der Waals surface area contributed by atoms with Crippen LogP contribution in [0.25, 0.3) is 11.1 Å². The van der Waals surface area contributed by atoms with Gasteiger partial charge in [-0.2, -0.15) is 5.26 Å². The van der Waals surface area contributed by atoms with Gasteiger partial charge < -0.3 is 4.74 Å². The van der Waals surface area contributed by atoms with E-state index >= 15 is 0 Å². The highest BCUT2D eigenvalue weighted by atomic mass is 32.1. The van der Waals surface area contributed by atoms with Crippen LogP contribution in [0.15, 0.2) is 23.6 Å². The maximum absolute atomic E-state index is 13.7. The van der Waals surface area contributed by atoms with E-state index in [0.29, 0.717) is 16.0 Å². The minimum absolute atomic E-state index is 0.0610. The molecule has 0 aliphatic rings. The Balaban J connectivity index is 2.73. The average molecular weight is 275 g/mol. The lowest BCUT2D eigenvalue weighted by molar-refractivity contribution is 0.0607. The fourth-order valence-electron chi connectivity index (χ4n) is 1.87. The van der Waals surface area contributed by atoms with Crippen LogP contribution in [-0.2, 0) is 4.74 Å². The highest BCUT2D eigenvalue weighted by Gasteiger charge is 2.21. The monoisotopic (exact) mass is 275 g/mol. The van der Waals surface area contributed by atoms with Gasteiger partial charge in [0.2, 0.25) is 0 Å². The molecular formula is C14H10FNO2S. The molecule has 0 aliphatic carbocycles. The highest BCUT2D eigenvalue weighted by Crippen LogP contribution is 2.35. The number of rotatable bonds is 2. The Labute approximate surface area is 113 Å². The zero-order valence-electron chi connectivity index (χ0n) is 10.4. The van der Waals surface area contributed by atoms with E-state index in [1.54, 1.807) is 11.4 Å². The molecule has 0 bridgehead atoms. The van der Waals surface area contributed by atoms with Crippen molar-refractivity contribution >= 4 is 17.3 Å². The van der Waals surface area contributed by atoms with Crippen LogP contribution < -0.4 is 0 Å². The second kappa shape index (κ2) is 5.21. The second-order valence-corrected chi connectivity index (χ2v) is 4.77. The topological polar surface area (TPSA) is 50.1 Å². The van der Waals surface area contributed by atoms with Gasteiger partial charge in [0.05, 0.1) is 12.7 Å². The van der Waals surface area contributed by atoms with Crippen LogP contribution in [-0.4, -0.2) is 13.1 Å². The summed E-state index contributed by atoms with van der Waals surface area (Å²) in [6.45, 7) is 1.81. The van der Waals surface area contributed by atoms with Crippen molar-refractivity contribution in [2.75, 3.05) is 7.11 Å². The molecule has 0 saturated heterocycles. The summed E-state index contributed by atoms with van der Waals surface area (Å²) in [7, 11) is 1.29. The molecule has 0 saturated carbocycles. The van der Waals surface area contributed by atoms with E-state index < -0.39 is 11.8 Å². The number of carbonyl (C=O) groups excluding carboxylic acids is 1. The number of methoxy groups -OCH3 is 1. The van der Waals surface area contributed by atoms with Gasteiger partial charge in [0.25, 0.3) is 0 Å². The minimum atomic E-state index is -0.596. The highest BCUT2D eigenvalue weighted by molar-refractivity contribution is 7.12. The van der Waals surface area contributed by atoms with Crippen LogP contribution in [0.3, 0.4) is 0 Å². The first-order valence-electron chi connectivity index (χ1n) is 5.45. The molecule has 0 aliphatic heterocycles. The predicted molar refractivity (Wildman–Crippen MR) is 70.5 cm³/mol. The Morgan fingerprint density at radius 3 is 2.84 bits per heavy atom. The first kappa shape index (κ1) is 13.2. The Morgan fingerprint density at radius 2 is 2.21 bits per heavy atom. The lowest BCUT2D eigenvalue weighted by atomic mass is 9.97. The largest absolute Gasteiger partial charge is 0.465 e. The van der Waals surface area contributed by atoms with Crippen molar-refractivity contribution < 1.29 is 13.9 Å². The molecule has 2 aromatic rings. The van der Waals surface area contributed by atoms with E-state index in [-0.39, 0.29) is 5.56 Å². The molecule has 19 heavy (non-hydrogen) atoms. The number of halogens is 1. The first-order valence-corrected chi connectivity index (χ1v) is 6.33. The number of benzene rings is 1. The lowest BCUT2D eigenvalue weighted by Crippen LogP contribution is -2.01. The molecule has 1 heterocycles. The molecule has 0 radical (unpaired) electrons. The summed E-state index contributed by atoms with van der Waals surface area (Å²) in [6.07, 6.45) is 0. The molecule has 0 atom stereocenters. The van der Waals surface area contributed by atoms with Gasteiger partial charge in [-0.15, -0.1) is 11.3 Å². The van der Waals surface area contributed by atoms with Gasteiger partial charge in [0.1, 0.15) is 16.8 Å². The number of thiophene rings is 1. The molecule has 2 rings (SSSR count). The van der Waals surface area contributed by atoms with Crippen LogP contribution in [0, 0.1) is 24.1 Å². The Kier molecular flexibility index (Phi) is 3.63. The fraction of sp³-hybridized carbons (Fsp3) is 0.143. The van der Waals surface area contributed by atoms with Crippen LogP contribution in [0.2, 0.25) is 0 Å². The van der Waals surface area contributed by atoms with Gasteiger partial charge in [-0.05, 0) is 23.9 Å². The van der Waals surface area contributed by atoms with E-state index in [1.165, 1.54) is 30.6 Å². The molecule has 5 heteroatoms. The van der Waals surface area contributed by atoms with Crippen LogP contribution >= 0.6 is 11.3 Å². The molecular weight excluding hydrogens is 265 g/mol.